The number of fused-ring (bicyclic) bond motifs is 1. The molecule has 3 rings (SSSR count). The molecule has 1 nitrogen and oxygen atoms in total. The molecule has 0 radical (unpaired) electrons. The van der Waals surface area contributed by atoms with Crippen LogP contribution in [0.5, 0.6) is 0 Å². The number of hydrogen-bond donors (Lipinski definition) is 0. The lowest BCUT2D eigenvalue weighted by molar-refractivity contribution is 0.111. The monoisotopic (exact) mass is 290 g/mol. The van der Waals surface area contributed by atoms with E-state index in [0.717, 1.165) is 17.4 Å². The van der Waals surface area contributed by atoms with Gasteiger partial charge in [0.1, 0.15) is 0 Å². The highest BCUT2D eigenvalue weighted by Gasteiger charge is 2.22. The lowest BCUT2D eigenvalue weighted by Crippen LogP contribution is -2.07. The highest BCUT2D eigenvalue weighted by atomic mass is 35.5. The standard InChI is InChI=1S/C16H15ClOS/c17-14-7-5-12(6-8-14)9-18-10-13-11-19-16-4-2-1-3-15(13)16/h1-8,13H,9-11H2. The van der Waals surface area contributed by atoms with Gasteiger partial charge in [-0.1, -0.05) is 41.9 Å². The van der Waals surface area contributed by atoms with Gasteiger partial charge in [-0.05, 0) is 29.3 Å². The average Bonchev–Trinajstić information content (AvgIpc) is 2.85. The van der Waals surface area contributed by atoms with Crippen LogP contribution in [0.4, 0.5) is 0 Å². The van der Waals surface area contributed by atoms with Crippen molar-refractivity contribution in [1.29, 1.82) is 0 Å². The minimum atomic E-state index is 0.522. The van der Waals surface area contributed by atoms with Gasteiger partial charge in [0.15, 0.2) is 0 Å². The molecule has 2 aromatic carbocycles. The Morgan fingerprint density at radius 3 is 2.74 bits per heavy atom. The zero-order valence-corrected chi connectivity index (χ0v) is 12.1. The van der Waals surface area contributed by atoms with Crippen molar-refractivity contribution in [2.75, 3.05) is 12.4 Å². The van der Waals surface area contributed by atoms with Crippen molar-refractivity contribution in [3.63, 3.8) is 0 Å². The van der Waals surface area contributed by atoms with Crippen molar-refractivity contribution >= 4 is 23.4 Å². The van der Waals surface area contributed by atoms with Crippen LogP contribution in [0.3, 0.4) is 0 Å². The van der Waals surface area contributed by atoms with E-state index < -0.39 is 0 Å². The Morgan fingerprint density at radius 2 is 1.89 bits per heavy atom. The molecule has 0 aromatic heterocycles. The van der Waals surface area contributed by atoms with Gasteiger partial charge in [0.2, 0.25) is 0 Å². The summed E-state index contributed by atoms with van der Waals surface area (Å²) in [5.41, 5.74) is 2.60. The first-order chi connectivity index (χ1) is 9.33. The summed E-state index contributed by atoms with van der Waals surface area (Å²) in [5, 5.41) is 0.768. The zero-order chi connectivity index (χ0) is 13.1. The summed E-state index contributed by atoms with van der Waals surface area (Å²) < 4.78 is 5.84. The van der Waals surface area contributed by atoms with Crippen LogP contribution in [0.1, 0.15) is 17.0 Å². The minimum absolute atomic E-state index is 0.522. The topological polar surface area (TPSA) is 9.23 Å². The lowest BCUT2D eigenvalue weighted by atomic mass is 10.0. The summed E-state index contributed by atoms with van der Waals surface area (Å²) in [7, 11) is 0. The van der Waals surface area contributed by atoms with Gasteiger partial charge in [-0.25, -0.2) is 0 Å². The summed E-state index contributed by atoms with van der Waals surface area (Å²) >= 11 is 7.79. The van der Waals surface area contributed by atoms with Crippen molar-refractivity contribution < 1.29 is 4.74 Å². The van der Waals surface area contributed by atoms with Crippen LogP contribution < -0.4 is 0 Å². The Hall–Kier alpha value is -0.960. The van der Waals surface area contributed by atoms with Crippen molar-refractivity contribution in [2.45, 2.75) is 17.4 Å². The Bertz CT molecular complexity index is 553. The van der Waals surface area contributed by atoms with Gasteiger partial charge >= 0.3 is 0 Å². The normalized spacial score (nSPS) is 17.4. The molecule has 1 aliphatic rings. The molecule has 0 spiro atoms. The van der Waals surface area contributed by atoms with Gasteiger partial charge in [0.25, 0.3) is 0 Å². The highest BCUT2D eigenvalue weighted by molar-refractivity contribution is 7.99. The number of benzene rings is 2. The molecule has 0 fully saturated rings. The summed E-state index contributed by atoms with van der Waals surface area (Å²) in [5.74, 6) is 1.65. The van der Waals surface area contributed by atoms with E-state index in [1.54, 1.807) is 0 Å². The van der Waals surface area contributed by atoms with Crippen molar-refractivity contribution in [2.24, 2.45) is 0 Å². The second-order valence-electron chi connectivity index (χ2n) is 4.69. The molecule has 0 aliphatic carbocycles. The van der Waals surface area contributed by atoms with E-state index in [1.165, 1.54) is 16.0 Å². The summed E-state index contributed by atoms with van der Waals surface area (Å²) in [6, 6.07) is 16.5. The van der Waals surface area contributed by atoms with Crippen LogP contribution in [0, 0.1) is 0 Å². The first kappa shape index (κ1) is 13.0. The summed E-state index contributed by atoms with van der Waals surface area (Å²) in [6.07, 6.45) is 0. The van der Waals surface area contributed by atoms with E-state index in [4.69, 9.17) is 16.3 Å². The number of hydrogen-bond acceptors (Lipinski definition) is 2. The zero-order valence-electron chi connectivity index (χ0n) is 10.5. The van der Waals surface area contributed by atoms with Gasteiger partial charge < -0.3 is 4.74 Å². The predicted molar refractivity (Wildman–Crippen MR) is 81.0 cm³/mol. The molecule has 0 bridgehead atoms. The fraction of sp³-hybridized carbons (Fsp3) is 0.250. The molecule has 1 heterocycles. The maximum atomic E-state index is 5.86. The van der Waals surface area contributed by atoms with Gasteiger partial charge in [-0.15, -0.1) is 11.8 Å². The maximum absolute atomic E-state index is 5.86. The lowest BCUT2D eigenvalue weighted by Gasteiger charge is -2.11. The largest absolute Gasteiger partial charge is 0.376 e. The summed E-state index contributed by atoms with van der Waals surface area (Å²) in [6.45, 7) is 1.44. The molecule has 1 aliphatic heterocycles. The van der Waals surface area contributed by atoms with E-state index >= 15 is 0 Å². The minimum Gasteiger partial charge on any atom is -0.376 e. The van der Waals surface area contributed by atoms with E-state index in [-0.39, 0.29) is 0 Å². The van der Waals surface area contributed by atoms with Gasteiger partial charge in [0.05, 0.1) is 13.2 Å². The van der Waals surface area contributed by atoms with E-state index in [2.05, 4.69) is 24.3 Å². The molecule has 1 atom stereocenters. The molecule has 98 valence electrons. The fourth-order valence-corrected chi connectivity index (χ4v) is 3.63. The molecule has 0 amide bonds. The third kappa shape index (κ3) is 3.14. The second kappa shape index (κ2) is 6.00. The molecular formula is C16H15ClOS. The van der Waals surface area contributed by atoms with Gasteiger partial charge in [0, 0.05) is 21.6 Å². The molecule has 3 heteroatoms. The Balaban J connectivity index is 1.55. The number of ether oxygens (including phenoxy) is 1. The Kier molecular flexibility index (Phi) is 4.12. The van der Waals surface area contributed by atoms with Crippen molar-refractivity contribution in [1.82, 2.24) is 0 Å². The van der Waals surface area contributed by atoms with Crippen molar-refractivity contribution in [3.8, 4) is 0 Å². The van der Waals surface area contributed by atoms with Crippen LogP contribution in [-0.4, -0.2) is 12.4 Å². The smallest absolute Gasteiger partial charge is 0.0717 e. The highest BCUT2D eigenvalue weighted by Crippen LogP contribution is 2.39. The first-order valence-electron chi connectivity index (χ1n) is 6.37. The molecule has 19 heavy (non-hydrogen) atoms. The third-order valence-corrected chi connectivity index (χ3v) is 4.80. The first-order valence-corrected chi connectivity index (χ1v) is 7.73. The Labute approximate surface area is 122 Å². The summed E-state index contributed by atoms with van der Waals surface area (Å²) in [4.78, 5) is 1.41. The fourth-order valence-electron chi connectivity index (χ4n) is 2.27. The third-order valence-electron chi connectivity index (χ3n) is 3.30. The van der Waals surface area contributed by atoms with Crippen LogP contribution >= 0.6 is 23.4 Å². The van der Waals surface area contributed by atoms with Gasteiger partial charge in [-0.3, -0.25) is 0 Å². The Morgan fingerprint density at radius 1 is 1.11 bits per heavy atom. The number of halogens is 1. The maximum Gasteiger partial charge on any atom is 0.0717 e. The molecule has 0 saturated carbocycles. The molecular weight excluding hydrogens is 276 g/mol. The quantitative estimate of drug-likeness (QED) is 0.804. The van der Waals surface area contributed by atoms with E-state index in [1.807, 2.05) is 36.0 Å². The van der Waals surface area contributed by atoms with Crippen LogP contribution in [0.25, 0.3) is 0 Å². The van der Waals surface area contributed by atoms with Gasteiger partial charge in [-0.2, -0.15) is 0 Å². The van der Waals surface area contributed by atoms with Crippen LogP contribution in [0.2, 0.25) is 5.02 Å². The molecule has 0 saturated heterocycles. The van der Waals surface area contributed by atoms with E-state index in [9.17, 15) is 0 Å². The van der Waals surface area contributed by atoms with Crippen LogP contribution in [-0.2, 0) is 11.3 Å². The molecule has 1 unspecified atom stereocenters. The predicted octanol–water partition coefficient (Wildman–Crippen LogP) is 4.75. The second-order valence-corrected chi connectivity index (χ2v) is 6.19. The van der Waals surface area contributed by atoms with E-state index in [0.29, 0.717) is 12.5 Å². The molecule has 0 N–H and O–H groups in total. The molecule has 2 aromatic rings. The van der Waals surface area contributed by atoms with Crippen LogP contribution in [0.15, 0.2) is 53.4 Å². The number of thioether (sulfide) groups is 1. The van der Waals surface area contributed by atoms with Crippen molar-refractivity contribution in [3.05, 3.63) is 64.7 Å². The average molecular weight is 291 g/mol. The SMILES string of the molecule is Clc1ccc(COCC2CSc3ccccc32)cc1. The number of rotatable bonds is 4.